The summed E-state index contributed by atoms with van der Waals surface area (Å²) in [4.78, 5) is 24.2. The van der Waals surface area contributed by atoms with Crippen LogP contribution < -0.4 is 0 Å². The molecule has 0 aromatic heterocycles. The van der Waals surface area contributed by atoms with E-state index in [4.69, 9.17) is 9.47 Å². The second kappa shape index (κ2) is 15.9. The number of ether oxygens (including phenoxy) is 2. The van der Waals surface area contributed by atoms with Gasteiger partial charge in [0.2, 0.25) is 0 Å². The Kier molecular flexibility index (Phi) is 13.9. The summed E-state index contributed by atoms with van der Waals surface area (Å²) in [5.74, 6) is 0.826. The van der Waals surface area contributed by atoms with Crippen LogP contribution in [0.15, 0.2) is 24.3 Å². The van der Waals surface area contributed by atoms with Crippen LogP contribution in [0, 0.1) is 11.8 Å². The first-order valence-corrected chi connectivity index (χ1v) is 11.8. The highest BCUT2D eigenvalue weighted by atomic mass is 16.5. The highest BCUT2D eigenvalue weighted by Crippen LogP contribution is 2.12. The molecule has 0 fully saturated rings. The monoisotopic (exact) mass is 418 g/mol. The summed E-state index contributed by atoms with van der Waals surface area (Å²) in [7, 11) is 0. The topological polar surface area (TPSA) is 52.6 Å². The molecule has 0 spiro atoms. The van der Waals surface area contributed by atoms with Crippen LogP contribution in [-0.4, -0.2) is 25.2 Å². The Balaban J connectivity index is 2.18. The van der Waals surface area contributed by atoms with Crippen molar-refractivity contribution in [2.45, 2.75) is 91.9 Å². The fourth-order valence-electron chi connectivity index (χ4n) is 3.26. The molecule has 0 bridgehead atoms. The maximum atomic E-state index is 12.1. The van der Waals surface area contributed by atoms with E-state index < -0.39 is 0 Å². The van der Waals surface area contributed by atoms with E-state index in [9.17, 15) is 9.59 Å². The largest absolute Gasteiger partial charge is 0.462 e. The number of unbranched alkanes of at least 4 members (excludes halogenated alkanes) is 6. The molecule has 4 heteroatoms. The summed E-state index contributed by atoms with van der Waals surface area (Å²) < 4.78 is 10.7. The molecule has 0 saturated carbocycles. The fraction of sp³-hybridized carbons (Fsp3) is 0.692. The SMILES string of the molecule is CC(C)CCCCCCCOC(=O)c1ccc(C(=O)OCCCCCC(C)C)cc1. The lowest BCUT2D eigenvalue weighted by Gasteiger charge is -2.08. The van der Waals surface area contributed by atoms with Crippen molar-refractivity contribution in [1.82, 2.24) is 0 Å². The smallest absolute Gasteiger partial charge is 0.338 e. The van der Waals surface area contributed by atoms with Gasteiger partial charge in [0.05, 0.1) is 24.3 Å². The first-order valence-electron chi connectivity index (χ1n) is 11.8. The van der Waals surface area contributed by atoms with E-state index in [0.717, 1.165) is 37.5 Å². The Hall–Kier alpha value is -1.84. The number of benzene rings is 1. The summed E-state index contributed by atoms with van der Waals surface area (Å²) in [6.07, 6.45) is 11.4. The van der Waals surface area contributed by atoms with Gasteiger partial charge in [0.15, 0.2) is 0 Å². The van der Waals surface area contributed by atoms with Crippen LogP contribution in [0.25, 0.3) is 0 Å². The summed E-state index contributed by atoms with van der Waals surface area (Å²) in [5.41, 5.74) is 0.937. The van der Waals surface area contributed by atoms with Crippen molar-refractivity contribution in [3.05, 3.63) is 35.4 Å². The van der Waals surface area contributed by atoms with Crippen LogP contribution in [0.5, 0.6) is 0 Å². The molecule has 1 aromatic rings. The predicted molar refractivity (Wildman–Crippen MR) is 123 cm³/mol. The number of rotatable bonds is 16. The Labute approximate surface area is 183 Å². The lowest BCUT2D eigenvalue weighted by Crippen LogP contribution is -2.09. The van der Waals surface area contributed by atoms with E-state index in [1.807, 2.05) is 0 Å². The zero-order valence-electron chi connectivity index (χ0n) is 19.6. The van der Waals surface area contributed by atoms with Crippen molar-refractivity contribution >= 4 is 11.9 Å². The number of carbonyl (C=O) groups excluding carboxylic acids is 2. The van der Waals surface area contributed by atoms with E-state index in [2.05, 4.69) is 27.7 Å². The van der Waals surface area contributed by atoms with Gasteiger partial charge in [-0.3, -0.25) is 0 Å². The van der Waals surface area contributed by atoms with E-state index in [1.54, 1.807) is 24.3 Å². The first-order chi connectivity index (χ1) is 14.4. The quantitative estimate of drug-likeness (QED) is 0.210. The van der Waals surface area contributed by atoms with Crippen molar-refractivity contribution in [1.29, 1.82) is 0 Å². The van der Waals surface area contributed by atoms with Crippen molar-refractivity contribution in [3.8, 4) is 0 Å². The van der Waals surface area contributed by atoms with Gasteiger partial charge in [-0.1, -0.05) is 79.1 Å². The number of esters is 2. The molecule has 0 saturated heterocycles. The van der Waals surface area contributed by atoms with Gasteiger partial charge in [-0.05, 0) is 48.9 Å². The molecule has 0 aliphatic heterocycles. The van der Waals surface area contributed by atoms with Crippen LogP contribution in [-0.2, 0) is 9.47 Å². The third-order valence-corrected chi connectivity index (χ3v) is 5.17. The number of hydrogen-bond donors (Lipinski definition) is 0. The van der Waals surface area contributed by atoms with Crippen LogP contribution in [0.1, 0.15) is 113 Å². The molecule has 1 rings (SSSR count). The predicted octanol–water partition coefficient (Wildman–Crippen LogP) is 7.21. The molecular weight excluding hydrogens is 376 g/mol. The maximum absolute atomic E-state index is 12.1. The number of hydrogen-bond acceptors (Lipinski definition) is 4. The van der Waals surface area contributed by atoms with Gasteiger partial charge in [-0.15, -0.1) is 0 Å². The van der Waals surface area contributed by atoms with E-state index >= 15 is 0 Å². The van der Waals surface area contributed by atoms with Crippen molar-refractivity contribution in [2.75, 3.05) is 13.2 Å². The van der Waals surface area contributed by atoms with Gasteiger partial charge < -0.3 is 9.47 Å². The van der Waals surface area contributed by atoms with E-state index in [-0.39, 0.29) is 11.9 Å². The van der Waals surface area contributed by atoms with Crippen LogP contribution in [0.2, 0.25) is 0 Å². The molecule has 0 heterocycles. The molecule has 4 nitrogen and oxygen atoms in total. The van der Waals surface area contributed by atoms with E-state index in [0.29, 0.717) is 24.3 Å². The third kappa shape index (κ3) is 12.7. The van der Waals surface area contributed by atoms with E-state index in [1.165, 1.54) is 38.5 Å². The minimum absolute atomic E-state index is 0.333. The van der Waals surface area contributed by atoms with Crippen LogP contribution in [0.4, 0.5) is 0 Å². The van der Waals surface area contributed by atoms with Gasteiger partial charge in [-0.2, -0.15) is 0 Å². The van der Waals surface area contributed by atoms with Gasteiger partial charge in [0.1, 0.15) is 0 Å². The minimum atomic E-state index is -0.337. The van der Waals surface area contributed by atoms with Gasteiger partial charge in [0, 0.05) is 0 Å². The lowest BCUT2D eigenvalue weighted by molar-refractivity contribution is 0.0483. The van der Waals surface area contributed by atoms with Crippen LogP contribution >= 0.6 is 0 Å². The molecule has 1 aromatic carbocycles. The normalized spacial score (nSPS) is 11.1. The molecule has 0 aliphatic carbocycles. The summed E-state index contributed by atoms with van der Waals surface area (Å²) >= 11 is 0. The Morgan fingerprint density at radius 3 is 1.33 bits per heavy atom. The highest BCUT2D eigenvalue weighted by Gasteiger charge is 2.11. The molecular formula is C26H42O4. The summed E-state index contributed by atoms with van der Waals surface area (Å²) in [5, 5.41) is 0. The van der Waals surface area contributed by atoms with Gasteiger partial charge >= 0.3 is 11.9 Å². The summed E-state index contributed by atoms with van der Waals surface area (Å²) in [6.45, 7) is 9.84. The average Bonchev–Trinajstić information content (AvgIpc) is 2.71. The maximum Gasteiger partial charge on any atom is 0.338 e. The molecule has 0 radical (unpaired) electrons. The zero-order valence-corrected chi connectivity index (χ0v) is 19.6. The summed E-state index contributed by atoms with van der Waals surface area (Å²) in [6, 6.07) is 6.53. The van der Waals surface area contributed by atoms with Gasteiger partial charge in [-0.25, -0.2) is 9.59 Å². The second-order valence-electron chi connectivity index (χ2n) is 9.04. The lowest BCUT2D eigenvalue weighted by atomic mass is 10.0. The third-order valence-electron chi connectivity index (χ3n) is 5.17. The number of carbonyl (C=O) groups is 2. The highest BCUT2D eigenvalue weighted by molar-refractivity contribution is 5.93. The van der Waals surface area contributed by atoms with Crippen molar-refractivity contribution < 1.29 is 19.1 Å². The fourth-order valence-corrected chi connectivity index (χ4v) is 3.26. The standard InChI is InChI=1S/C26H42O4/c1-21(2)13-9-6-5-7-11-19-29-25(27)23-15-17-24(18-16-23)26(28)30-20-12-8-10-14-22(3)4/h15-18,21-22H,5-14,19-20H2,1-4H3. The molecule has 0 unspecified atom stereocenters. The second-order valence-corrected chi connectivity index (χ2v) is 9.04. The first kappa shape index (κ1) is 26.2. The zero-order chi connectivity index (χ0) is 22.2. The molecule has 0 N–H and O–H groups in total. The molecule has 0 amide bonds. The Morgan fingerprint density at radius 1 is 0.600 bits per heavy atom. The van der Waals surface area contributed by atoms with Crippen molar-refractivity contribution in [2.24, 2.45) is 11.8 Å². The van der Waals surface area contributed by atoms with Gasteiger partial charge in [0.25, 0.3) is 0 Å². The Bertz CT molecular complexity index is 590. The molecule has 170 valence electrons. The van der Waals surface area contributed by atoms with Crippen molar-refractivity contribution in [3.63, 3.8) is 0 Å². The van der Waals surface area contributed by atoms with Crippen LogP contribution in [0.3, 0.4) is 0 Å². The Morgan fingerprint density at radius 2 is 0.933 bits per heavy atom. The molecule has 0 aliphatic rings. The molecule has 30 heavy (non-hydrogen) atoms. The minimum Gasteiger partial charge on any atom is -0.462 e. The average molecular weight is 419 g/mol. The molecule has 0 atom stereocenters.